The second-order valence-electron chi connectivity index (χ2n) is 6.95. The van der Waals surface area contributed by atoms with E-state index in [9.17, 15) is 23.9 Å². The molecule has 0 bridgehead atoms. The van der Waals surface area contributed by atoms with Crippen LogP contribution in [0.3, 0.4) is 0 Å². The van der Waals surface area contributed by atoms with E-state index in [0.29, 0.717) is 5.75 Å². The Bertz CT molecular complexity index is 1180. The first-order valence-electron chi connectivity index (χ1n) is 10.0. The van der Waals surface area contributed by atoms with Crippen molar-refractivity contribution in [2.45, 2.75) is 12.2 Å². The van der Waals surface area contributed by atoms with Crippen LogP contribution in [0.2, 0.25) is 0 Å². The Kier molecular flexibility index (Phi) is 7.96. The summed E-state index contributed by atoms with van der Waals surface area (Å²) in [6, 6.07) is 19.4. The Hall–Kier alpha value is -4.66. The van der Waals surface area contributed by atoms with Crippen LogP contribution in [-0.4, -0.2) is 34.3 Å². The third-order valence-corrected chi connectivity index (χ3v) is 4.53. The van der Waals surface area contributed by atoms with Crippen LogP contribution in [0.1, 0.15) is 22.0 Å². The van der Waals surface area contributed by atoms with Crippen molar-refractivity contribution in [2.75, 3.05) is 0 Å². The zero-order valence-electron chi connectivity index (χ0n) is 17.6. The first-order valence-corrected chi connectivity index (χ1v) is 10.0. The number of carbonyl (C=O) groups is 3. The lowest BCUT2D eigenvalue weighted by Crippen LogP contribution is -2.36. The van der Waals surface area contributed by atoms with Crippen molar-refractivity contribution in [3.8, 4) is 11.5 Å². The molecule has 0 radical (unpaired) electrons. The Morgan fingerprint density at radius 1 is 0.941 bits per heavy atom. The van der Waals surface area contributed by atoms with Crippen molar-refractivity contribution < 1.29 is 38.5 Å². The minimum absolute atomic E-state index is 0.0496. The molecule has 0 spiro atoms. The standard InChI is InChI=1S/C25H20FNO7/c26-19-15-17(11-12-20(19)28)23(34-25(32)27-24(31)16-7-3-1-4-8-16)21(13-14-22(29)30)33-18-9-5-2-6-10-18/h1-15,21,23,28H,(H,29,30)(H,27,31,32)/b14-13+/t21-,23-/m1/s1. The lowest BCUT2D eigenvalue weighted by molar-refractivity contribution is -0.131. The van der Waals surface area contributed by atoms with Gasteiger partial charge in [-0.1, -0.05) is 42.5 Å². The number of phenolic OH excluding ortho intramolecular Hbond substituents is 1. The number of carboxylic acid groups (broad SMARTS) is 1. The first-order chi connectivity index (χ1) is 16.3. The van der Waals surface area contributed by atoms with Crippen molar-refractivity contribution in [3.63, 3.8) is 0 Å². The number of amides is 2. The maximum absolute atomic E-state index is 14.1. The number of hydrogen-bond donors (Lipinski definition) is 3. The maximum atomic E-state index is 14.1. The third-order valence-electron chi connectivity index (χ3n) is 4.53. The van der Waals surface area contributed by atoms with Gasteiger partial charge in [0, 0.05) is 11.6 Å². The van der Waals surface area contributed by atoms with Gasteiger partial charge < -0.3 is 19.7 Å². The Labute approximate surface area is 193 Å². The number of nitrogens with one attached hydrogen (secondary N) is 1. The second kappa shape index (κ2) is 11.3. The predicted molar refractivity (Wildman–Crippen MR) is 119 cm³/mol. The molecule has 9 heteroatoms. The Morgan fingerprint density at radius 3 is 2.21 bits per heavy atom. The molecule has 0 aromatic heterocycles. The third kappa shape index (κ3) is 6.67. The van der Waals surface area contributed by atoms with E-state index in [1.54, 1.807) is 48.5 Å². The van der Waals surface area contributed by atoms with E-state index in [0.717, 1.165) is 24.3 Å². The molecule has 0 saturated carbocycles. The number of carbonyl (C=O) groups excluding carboxylic acids is 2. The van der Waals surface area contributed by atoms with Gasteiger partial charge in [-0.3, -0.25) is 10.1 Å². The largest absolute Gasteiger partial charge is 0.505 e. The van der Waals surface area contributed by atoms with E-state index >= 15 is 0 Å². The lowest BCUT2D eigenvalue weighted by atomic mass is 10.0. The number of alkyl carbamates (subject to hydrolysis) is 1. The number of aromatic hydroxyl groups is 1. The molecule has 2 amide bonds. The van der Waals surface area contributed by atoms with Crippen LogP contribution >= 0.6 is 0 Å². The van der Waals surface area contributed by atoms with Crippen LogP contribution in [0.25, 0.3) is 0 Å². The lowest BCUT2D eigenvalue weighted by Gasteiger charge is -2.26. The summed E-state index contributed by atoms with van der Waals surface area (Å²) in [5.74, 6) is -3.33. The van der Waals surface area contributed by atoms with Crippen molar-refractivity contribution >= 4 is 18.0 Å². The van der Waals surface area contributed by atoms with Crippen LogP contribution < -0.4 is 10.1 Å². The molecule has 0 aliphatic carbocycles. The van der Waals surface area contributed by atoms with Gasteiger partial charge in [-0.25, -0.2) is 14.0 Å². The number of rotatable bonds is 8. The fourth-order valence-corrected chi connectivity index (χ4v) is 2.96. The summed E-state index contributed by atoms with van der Waals surface area (Å²) in [5.41, 5.74) is 0.253. The van der Waals surface area contributed by atoms with Gasteiger partial charge in [0.1, 0.15) is 5.75 Å². The van der Waals surface area contributed by atoms with Gasteiger partial charge in [-0.2, -0.15) is 0 Å². The molecule has 8 nitrogen and oxygen atoms in total. The second-order valence-corrected chi connectivity index (χ2v) is 6.95. The van der Waals surface area contributed by atoms with Crippen LogP contribution in [0.5, 0.6) is 11.5 Å². The Morgan fingerprint density at radius 2 is 1.59 bits per heavy atom. The van der Waals surface area contributed by atoms with Crippen LogP contribution in [0.4, 0.5) is 9.18 Å². The molecule has 2 atom stereocenters. The molecular formula is C25H20FNO7. The smallest absolute Gasteiger partial charge is 0.414 e. The molecule has 174 valence electrons. The highest BCUT2D eigenvalue weighted by Gasteiger charge is 2.29. The number of carboxylic acids is 1. The summed E-state index contributed by atoms with van der Waals surface area (Å²) in [4.78, 5) is 36.0. The predicted octanol–water partition coefficient (Wildman–Crippen LogP) is 4.23. The Balaban J connectivity index is 1.92. The van der Waals surface area contributed by atoms with E-state index in [-0.39, 0.29) is 11.1 Å². The van der Waals surface area contributed by atoms with E-state index in [1.165, 1.54) is 18.2 Å². The van der Waals surface area contributed by atoms with Gasteiger partial charge in [-0.05, 0) is 48.0 Å². The fourth-order valence-electron chi connectivity index (χ4n) is 2.96. The average molecular weight is 465 g/mol. The van der Waals surface area contributed by atoms with Crippen LogP contribution in [0, 0.1) is 5.82 Å². The number of ether oxygens (including phenoxy) is 2. The summed E-state index contributed by atoms with van der Waals surface area (Å²) in [5, 5.41) is 20.7. The summed E-state index contributed by atoms with van der Waals surface area (Å²) >= 11 is 0. The number of imide groups is 1. The highest BCUT2D eigenvalue weighted by Crippen LogP contribution is 2.29. The summed E-state index contributed by atoms with van der Waals surface area (Å²) in [6.45, 7) is 0. The summed E-state index contributed by atoms with van der Waals surface area (Å²) < 4.78 is 25.3. The molecule has 0 saturated heterocycles. The zero-order chi connectivity index (χ0) is 24.5. The number of halogens is 1. The number of aliphatic carboxylic acids is 1. The minimum Gasteiger partial charge on any atom is -0.505 e. The van der Waals surface area contributed by atoms with Crippen LogP contribution in [-0.2, 0) is 9.53 Å². The van der Waals surface area contributed by atoms with Gasteiger partial charge in [-0.15, -0.1) is 0 Å². The number of benzene rings is 3. The van der Waals surface area contributed by atoms with E-state index < -0.39 is 41.7 Å². The van der Waals surface area contributed by atoms with Gasteiger partial charge in [0.2, 0.25) is 0 Å². The molecule has 3 N–H and O–H groups in total. The number of phenols is 1. The van der Waals surface area contributed by atoms with Crippen molar-refractivity contribution in [3.05, 3.63) is 108 Å². The summed E-state index contributed by atoms with van der Waals surface area (Å²) in [6.07, 6.45) is -1.89. The molecule has 0 unspecified atom stereocenters. The molecular weight excluding hydrogens is 445 g/mol. The molecule has 3 aromatic carbocycles. The molecule has 0 heterocycles. The SMILES string of the molecule is O=C(O)/C=C/[C@@H](Oc1ccccc1)[C@H](OC(=O)NC(=O)c1ccccc1)c1ccc(O)c(F)c1. The van der Waals surface area contributed by atoms with Gasteiger partial charge >= 0.3 is 12.1 Å². The number of para-hydroxylation sites is 1. The van der Waals surface area contributed by atoms with E-state index in [4.69, 9.17) is 14.6 Å². The number of hydrogen-bond acceptors (Lipinski definition) is 6. The molecule has 3 rings (SSSR count). The molecule has 0 fully saturated rings. The van der Waals surface area contributed by atoms with E-state index in [2.05, 4.69) is 5.32 Å². The quantitative estimate of drug-likeness (QED) is 0.426. The summed E-state index contributed by atoms with van der Waals surface area (Å²) in [7, 11) is 0. The first kappa shape index (κ1) is 24.0. The molecule has 0 aliphatic rings. The van der Waals surface area contributed by atoms with Crippen molar-refractivity contribution in [1.82, 2.24) is 5.32 Å². The fraction of sp³-hybridized carbons (Fsp3) is 0.0800. The molecule has 0 aliphatic heterocycles. The van der Waals surface area contributed by atoms with Gasteiger partial charge in [0.15, 0.2) is 23.8 Å². The van der Waals surface area contributed by atoms with E-state index in [1.807, 2.05) is 0 Å². The van der Waals surface area contributed by atoms with Crippen LogP contribution in [0.15, 0.2) is 91.0 Å². The van der Waals surface area contributed by atoms with Gasteiger partial charge in [0.05, 0.1) is 0 Å². The zero-order valence-corrected chi connectivity index (χ0v) is 17.6. The molecule has 3 aromatic rings. The van der Waals surface area contributed by atoms with Gasteiger partial charge in [0.25, 0.3) is 5.91 Å². The van der Waals surface area contributed by atoms with Crippen molar-refractivity contribution in [1.29, 1.82) is 0 Å². The topological polar surface area (TPSA) is 122 Å². The monoisotopic (exact) mass is 465 g/mol. The normalized spacial score (nSPS) is 12.5. The maximum Gasteiger partial charge on any atom is 0.414 e. The average Bonchev–Trinajstić information content (AvgIpc) is 2.83. The highest BCUT2D eigenvalue weighted by atomic mass is 19.1. The minimum atomic E-state index is -1.39. The van der Waals surface area contributed by atoms with Crippen molar-refractivity contribution in [2.24, 2.45) is 0 Å². The highest BCUT2D eigenvalue weighted by molar-refractivity contribution is 6.02. The molecule has 34 heavy (non-hydrogen) atoms.